The van der Waals surface area contributed by atoms with E-state index in [-0.39, 0.29) is 17.6 Å². The maximum absolute atomic E-state index is 13.7. The van der Waals surface area contributed by atoms with Gasteiger partial charge in [0, 0.05) is 13.0 Å². The number of hydrogen-bond acceptors (Lipinski definition) is 2. The van der Waals surface area contributed by atoms with Crippen molar-refractivity contribution in [2.24, 2.45) is 13.0 Å². The van der Waals surface area contributed by atoms with Crippen molar-refractivity contribution in [3.63, 3.8) is 0 Å². The van der Waals surface area contributed by atoms with Gasteiger partial charge < -0.3 is 5.73 Å². The molecule has 0 radical (unpaired) electrons. The van der Waals surface area contributed by atoms with E-state index >= 15 is 0 Å². The highest BCUT2D eigenvalue weighted by Crippen LogP contribution is 2.29. The monoisotopic (exact) mass is 213 g/mol. The lowest BCUT2D eigenvalue weighted by Gasteiger charge is -2.14. The van der Waals surface area contributed by atoms with Crippen LogP contribution in [0.4, 0.5) is 10.2 Å². The standard InChI is InChI=1S/C11H20FN3/c1-5-8(6-7(2)3)10-9(12)11(13)15(4)14-10/h7-8H,5-6,13H2,1-4H3. The Bertz CT molecular complexity index is 331. The number of halogens is 1. The molecule has 0 aliphatic rings. The lowest BCUT2D eigenvalue weighted by atomic mass is 9.92. The third kappa shape index (κ3) is 2.49. The molecule has 0 bridgehead atoms. The normalized spacial score (nSPS) is 13.5. The van der Waals surface area contributed by atoms with E-state index in [1.807, 2.05) is 0 Å². The van der Waals surface area contributed by atoms with Crippen LogP contribution in [0.5, 0.6) is 0 Å². The summed E-state index contributed by atoms with van der Waals surface area (Å²) in [6.45, 7) is 6.32. The van der Waals surface area contributed by atoms with E-state index in [2.05, 4.69) is 25.9 Å². The van der Waals surface area contributed by atoms with Crippen LogP contribution in [0.2, 0.25) is 0 Å². The lowest BCUT2D eigenvalue weighted by molar-refractivity contribution is 0.461. The summed E-state index contributed by atoms with van der Waals surface area (Å²) in [6.07, 6.45) is 1.84. The lowest BCUT2D eigenvalue weighted by Crippen LogP contribution is -2.05. The minimum atomic E-state index is -0.343. The second-order valence-electron chi connectivity index (χ2n) is 4.44. The number of aromatic nitrogens is 2. The molecule has 0 aliphatic carbocycles. The molecule has 15 heavy (non-hydrogen) atoms. The number of nitrogen functional groups attached to an aromatic ring is 1. The third-order valence-electron chi connectivity index (χ3n) is 2.69. The Labute approximate surface area is 90.5 Å². The van der Waals surface area contributed by atoms with Gasteiger partial charge in [-0.25, -0.2) is 4.39 Å². The summed E-state index contributed by atoms with van der Waals surface area (Å²) in [5.41, 5.74) is 6.07. The summed E-state index contributed by atoms with van der Waals surface area (Å²) in [5, 5.41) is 4.15. The molecule has 0 spiro atoms. The maximum atomic E-state index is 13.7. The molecule has 0 saturated carbocycles. The first-order chi connectivity index (χ1) is 6.97. The van der Waals surface area contributed by atoms with Gasteiger partial charge in [-0.3, -0.25) is 4.68 Å². The zero-order valence-corrected chi connectivity index (χ0v) is 9.92. The van der Waals surface area contributed by atoms with Crippen LogP contribution in [0.3, 0.4) is 0 Å². The molecule has 1 aromatic heterocycles. The van der Waals surface area contributed by atoms with Crippen molar-refractivity contribution in [2.45, 2.75) is 39.5 Å². The molecule has 0 aromatic carbocycles. The molecule has 1 aromatic rings. The van der Waals surface area contributed by atoms with Crippen molar-refractivity contribution < 1.29 is 4.39 Å². The minimum absolute atomic E-state index is 0.132. The van der Waals surface area contributed by atoms with E-state index in [1.165, 1.54) is 4.68 Å². The molecule has 86 valence electrons. The smallest absolute Gasteiger partial charge is 0.188 e. The predicted molar refractivity (Wildman–Crippen MR) is 60.1 cm³/mol. The SMILES string of the molecule is CCC(CC(C)C)c1nn(C)c(N)c1F. The van der Waals surface area contributed by atoms with Crippen molar-refractivity contribution in [1.29, 1.82) is 0 Å². The summed E-state index contributed by atoms with van der Waals surface area (Å²) in [7, 11) is 1.67. The number of rotatable bonds is 4. The zero-order chi connectivity index (χ0) is 11.6. The fourth-order valence-corrected chi connectivity index (χ4v) is 1.83. The second-order valence-corrected chi connectivity index (χ2v) is 4.44. The van der Waals surface area contributed by atoms with E-state index in [9.17, 15) is 4.39 Å². The van der Waals surface area contributed by atoms with E-state index in [4.69, 9.17) is 5.73 Å². The van der Waals surface area contributed by atoms with Crippen LogP contribution in [-0.4, -0.2) is 9.78 Å². The summed E-state index contributed by atoms with van der Waals surface area (Å²) in [4.78, 5) is 0. The first kappa shape index (κ1) is 12.0. The van der Waals surface area contributed by atoms with Gasteiger partial charge in [0.2, 0.25) is 0 Å². The fraction of sp³-hybridized carbons (Fsp3) is 0.727. The van der Waals surface area contributed by atoms with E-state index in [0.29, 0.717) is 11.6 Å². The van der Waals surface area contributed by atoms with Gasteiger partial charge in [0.1, 0.15) is 5.69 Å². The van der Waals surface area contributed by atoms with Crippen molar-refractivity contribution in [1.82, 2.24) is 9.78 Å². The highest BCUT2D eigenvalue weighted by molar-refractivity contribution is 5.34. The molecule has 0 fully saturated rings. The molecule has 1 rings (SSSR count). The van der Waals surface area contributed by atoms with Gasteiger partial charge in [-0.05, 0) is 18.8 Å². The molecular formula is C11H20FN3. The molecule has 0 amide bonds. The van der Waals surface area contributed by atoms with Crippen LogP contribution >= 0.6 is 0 Å². The summed E-state index contributed by atoms with van der Waals surface area (Å²) in [5.74, 6) is 0.503. The summed E-state index contributed by atoms with van der Waals surface area (Å²) >= 11 is 0. The molecular weight excluding hydrogens is 193 g/mol. The van der Waals surface area contributed by atoms with Gasteiger partial charge in [0.05, 0.1) is 0 Å². The highest BCUT2D eigenvalue weighted by atomic mass is 19.1. The van der Waals surface area contributed by atoms with Crippen LogP contribution < -0.4 is 5.73 Å². The van der Waals surface area contributed by atoms with Crippen molar-refractivity contribution in [2.75, 3.05) is 5.73 Å². The van der Waals surface area contributed by atoms with Crippen LogP contribution in [0.1, 0.15) is 45.2 Å². The molecule has 1 atom stereocenters. The Morgan fingerprint density at radius 3 is 2.40 bits per heavy atom. The average molecular weight is 213 g/mol. The molecule has 0 saturated heterocycles. The first-order valence-electron chi connectivity index (χ1n) is 5.45. The van der Waals surface area contributed by atoms with Gasteiger partial charge in [-0.15, -0.1) is 0 Å². The number of anilines is 1. The Morgan fingerprint density at radius 1 is 1.47 bits per heavy atom. The Balaban J connectivity index is 2.96. The number of nitrogens with zero attached hydrogens (tertiary/aromatic N) is 2. The van der Waals surface area contributed by atoms with Gasteiger partial charge in [-0.1, -0.05) is 20.8 Å². The molecule has 3 nitrogen and oxygen atoms in total. The number of nitrogens with two attached hydrogens (primary N) is 1. The van der Waals surface area contributed by atoms with E-state index in [0.717, 1.165) is 12.8 Å². The average Bonchev–Trinajstić information content (AvgIpc) is 2.42. The van der Waals surface area contributed by atoms with E-state index < -0.39 is 0 Å². The molecule has 2 N–H and O–H groups in total. The third-order valence-corrected chi connectivity index (χ3v) is 2.69. The van der Waals surface area contributed by atoms with Gasteiger partial charge >= 0.3 is 0 Å². The molecule has 0 aliphatic heterocycles. The number of aryl methyl sites for hydroxylation is 1. The quantitative estimate of drug-likeness (QED) is 0.835. The van der Waals surface area contributed by atoms with Crippen LogP contribution in [0, 0.1) is 11.7 Å². The Morgan fingerprint density at radius 2 is 2.07 bits per heavy atom. The van der Waals surface area contributed by atoms with Gasteiger partial charge in [0.15, 0.2) is 11.6 Å². The molecule has 1 heterocycles. The minimum Gasteiger partial charge on any atom is -0.381 e. The largest absolute Gasteiger partial charge is 0.381 e. The van der Waals surface area contributed by atoms with Gasteiger partial charge in [-0.2, -0.15) is 5.10 Å². The van der Waals surface area contributed by atoms with Crippen LogP contribution in [0.15, 0.2) is 0 Å². The van der Waals surface area contributed by atoms with E-state index in [1.54, 1.807) is 7.05 Å². The topological polar surface area (TPSA) is 43.8 Å². The van der Waals surface area contributed by atoms with Crippen LogP contribution in [0.25, 0.3) is 0 Å². The van der Waals surface area contributed by atoms with Crippen molar-refractivity contribution in [3.05, 3.63) is 11.5 Å². The maximum Gasteiger partial charge on any atom is 0.188 e. The Kier molecular flexibility index (Phi) is 3.72. The molecule has 4 heteroatoms. The van der Waals surface area contributed by atoms with Crippen LogP contribution in [-0.2, 0) is 7.05 Å². The zero-order valence-electron chi connectivity index (χ0n) is 9.92. The summed E-state index contributed by atoms with van der Waals surface area (Å²) < 4.78 is 15.1. The second kappa shape index (κ2) is 4.64. The molecule has 1 unspecified atom stereocenters. The van der Waals surface area contributed by atoms with Gasteiger partial charge in [0.25, 0.3) is 0 Å². The highest BCUT2D eigenvalue weighted by Gasteiger charge is 2.21. The predicted octanol–water partition coefficient (Wildman–Crippen LogP) is 2.68. The fourth-order valence-electron chi connectivity index (χ4n) is 1.83. The number of hydrogen-bond donors (Lipinski definition) is 1. The summed E-state index contributed by atoms with van der Waals surface area (Å²) in [6, 6.07) is 0. The Hall–Kier alpha value is -1.06. The first-order valence-corrected chi connectivity index (χ1v) is 5.45. The van der Waals surface area contributed by atoms with Crippen molar-refractivity contribution in [3.8, 4) is 0 Å². The van der Waals surface area contributed by atoms with Crippen molar-refractivity contribution >= 4 is 5.82 Å².